The molecule has 3 nitrogen and oxygen atoms in total. The van der Waals surface area contributed by atoms with Crippen LogP contribution in [0.1, 0.15) is 5.56 Å². The van der Waals surface area contributed by atoms with Crippen molar-refractivity contribution < 1.29 is 13.2 Å². The van der Waals surface area contributed by atoms with Gasteiger partial charge in [0.2, 0.25) is 0 Å². The first kappa shape index (κ1) is 13.9. The van der Waals surface area contributed by atoms with Gasteiger partial charge in [-0.25, -0.2) is 0 Å². The van der Waals surface area contributed by atoms with E-state index in [-0.39, 0.29) is 0 Å². The Labute approximate surface area is 114 Å². The number of benzene rings is 1. The summed E-state index contributed by atoms with van der Waals surface area (Å²) in [6.07, 6.45) is -4.31. The van der Waals surface area contributed by atoms with Crippen molar-refractivity contribution >= 4 is 23.0 Å². The largest absolute Gasteiger partial charge is 0.416 e. The van der Waals surface area contributed by atoms with Gasteiger partial charge in [0.05, 0.1) is 5.56 Å². The van der Waals surface area contributed by atoms with Crippen LogP contribution in [-0.4, -0.2) is 36.2 Å². The molecule has 0 radical (unpaired) electrons. The number of thiocarbonyl (C=S) groups is 1. The number of alkyl halides is 3. The van der Waals surface area contributed by atoms with Crippen molar-refractivity contribution in [1.82, 2.24) is 4.90 Å². The van der Waals surface area contributed by atoms with Crippen LogP contribution in [0.3, 0.4) is 0 Å². The molecule has 1 saturated heterocycles. The maximum atomic E-state index is 12.6. The molecule has 1 aromatic rings. The fourth-order valence-corrected chi connectivity index (χ4v) is 2.25. The molecule has 0 amide bonds. The van der Waals surface area contributed by atoms with Crippen molar-refractivity contribution in [2.24, 2.45) is 5.73 Å². The molecule has 0 bridgehead atoms. The highest BCUT2D eigenvalue weighted by atomic mass is 32.1. The Balaban J connectivity index is 2.10. The smallest absolute Gasteiger partial charge is 0.376 e. The van der Waals surface area contributed by atoms with E-state index in [4.69, 9.17) is 18.0 Å². The lowest BCUT2D eigenvalue weighted by Gasteiger charge is -2.36. The van der Waals surface area contributed by atoms with Crippen LogP contribution in [0, 0.1) is 0 Å². The van der Waals surface area contributed by atoms with Crippen LogP contribution in [0.2, 0.25) is 0 Å². The third kappa shape index (κ3) is 3.28. The summed E-state index contributed by atoms with van der Waals surface area (Å²) < 4.78 is 37.9. The van der Waals surface area contributed by atoms with E-state index >= 15 is 0 Å². The summed E-state index contributed by atoms with van der Waals surface area (Å²) in [6, 6.07) is 5.37. The summed E-state index contributed by atoms with van der Waals surface area (Å²) in [6.45, 7) is 2.48. The van der Waals surface area contributed by atoms with E-state index in [0.717, 1.165) is 6.07 Å². The molecule has 1 fully saturated rings. The van der Waals surface area contributed by atoms with Crippen LogP contribution < -0.4 is 10.6 Å². The lowest BCUT2D eigenvalue weighted by Crippen LogP contribution is -2.50. The summed E-state index contributed by atoms with van der Waals surface area (Å²) >= 11 is 4.88. The Hall–Kier alpha value is -1.50. The van der Waals surface area contributed by atoms with Crippen LogP contribution in [0.15, 0.2) is 24.3 Å². The molecule has 0 spiro atoms. The van der Waals surface area contributed by atoms with Gasteiger partial charge in [0.1, 0.15) is 0 Å². The van der Waals surface area contributed by atoms with Crippen LogP contribution >= 0.6 is 12.2 Å². The Bertz CT molecular complexity index is 468. The second-order valence-electron chi connectivity index (χ2n) is 4.36. The predicted octanol–water partition coefficient (Wildman–Crippen LogP) is 2.07. The maximum Gasteiger partial charge on any atom is 0.416 e. The number of hydrogen-bond acceptors (Lipinski definition) is 2. The molecule has 1 aliphatic rings. The van der Waals surface area contributed by atoms with Gasteiger partial charge in [-0.1, -0.05) is 6.07 Å². The van der Waals surface area contributed by atoms with E-state index in [1.807, 2.05) is 9.80 Å². The second kappa shape index (κ2) is 5.24. The molecule has 2 N–H and O–H groups in total. The van der Waals surface area contributed by atoms with Crippen molar-refractivity contribution in [2.75, 3.05) is 31.1 Å². The normalized spacial score (nSPS) is 16.6. The molecule has 1 aromatic carbocycles. The molecule has 0 aromatic heterocycles. The molecule has 7 heteroatoms. The van der Waals surface area contributed by atoms with Gasteiger partial charge in [0.25, 0.3) is 0 Å². The zero-order valence-electron chi connectivity index (χ0n) is 10.2. The number of rotatable bonds is 1. The highest BCUT2D eigenvalue weighted by Crippen LogP contribution is 2.31. The minimum atomic E-state index is -4.31. The maximum absolute atomic E-state index is 12.6. The van der Waals surface area contributed by atoms with E-state index in [1.165, 1.54) is 12.1 Å². The van der Waals surface area contributed by atoms with E-state index in [1.54, 1.807) is 6.07 Å². The van der Waals surface area contributed by atoms with Gasteiger partial charge in [-0.05, 0) is 30.4 Å². The Kier molecular flexibility index (Phi) is 3.84. The third-order valence-electron chi connectivity index (χ3n) is 3.13. The summed E-state index contributed by atoms with van der Waals surface area (Å²) in [5, 5.41) is 0.337. The molecule has 1 aliphatic heterocycles. The molecule has 0 saturated carbocycles. The number of halogens is 3. The lowest BCUT2D eigenvalue weighted by atomic mass is 10.1. The van der Waals surface area contributed by atoms with Gasteiger partial charge in [0.15, 0.2) is 5.11 Å². The summed E-state index contributed by atoms with van der Waals surface area (Å²) in [5.74, 6) is 0. The molecule has 19 heavy (non-hydrogen) atoms. The van der Waals surface area contributed by atoms with E-state index in [9.17, 15) is 13.2 Å². The standard InChI is InChI=1S/C12H14F3N3S/c13-12(14,15)9-2-1-3-10(8-9)17-4-6-18(7-5-17)11(16)19/h1-3,8H,4-7H2,(H2,16,19). The molecular weight excluding hydrogens is 275 g/mol. The first-order valence-electron chi connectivity index (χ1n) is 5.84. The molecule has 0 atom stereocenters. The Morgan fingerprint density at radius 1 is 1.16 bits per heavy atom. The van der Waals surface area contributed by atoms with E-state index in [0.29, 0.717) is 37.0 Å². The van der Waals surface area contributed by atoms with Gasteiger partial charge in [-0.15, -0.1) is 0 Å². The average molecular weight is 289 g/mol. The molecule has 0 aliphatic carbocycles. The SMILES string of the molecule is NC(=S)N1CCN(c2cccc(C(F)(F)F)c2)CC1. The number of piperazine rings is 1. The molecule has 0 unspecified atom stereocenters. The zero-order chi connectivity index (χ0) is 14.0. The number of hydrogen-bond donors (Lipinski definition) is 1. The van der Waals surface area contributed by atoms with Crippen molar-refractivity contribution in [3.8, 4) is 0 Å². The van der Waals surface area contributed by atoms with Crippen molar-refractivity contribution in [1.29, 1.82) is 0 Å². The minimum absolute atomic E-state index is 0.337. The average Bonchev–Trinajstić information content (AvgIpc) is 2.38. The second-order valence-corrected chi connectivity index (χ2v) is 4.78. The number of nitrogens with zero attached hydrogens (tertiary/aromatic N) is 2. The van der Waals surface area contributed by atoms with Crippen LogP contribution in [-0.2, 0) is 6.18 Å². The van der Waals surface area contributed by atoms with Crippen molar-refractivity contribution in [2.45, 2.75) is 6.18 Å². The van der Waals surface area contributed by atoms with E-state index in [2.05, 4.69) is 0 Å². The molecular formula is C12H14F3N3S. The van der Waals surface area contributed by atoms with Gasteiger partial charge in [-0.2, -0.15) is 13.2 Å². The Morgan fingerprint density at radius 3 is 2.32 bits per heavy atom. The third-order valence-corrected chi connectivity index (χ3v) is 3.39. The number of anilines is 1. The Morgan fingerprint density at radius 2 is 1.79 bits per heavy atom. The number of nitrogens with two attached hydrogens (primary N) is 1. The summed E-state index contributed by atoms with van der Waals surface area (Å²) in [4.78, 5) is 3.75. The van der Waals surface area contributed by atoms with Crippen LogP contribution in [0.4, 0.5) is 18.9 Å². The minimum Gasteiger partial charge on any atom is -0.376 e. The summed E-state index contributed by atoms with van der Waals surface area (Å²) in [7, 11) is 0. The van der Waals surface area contributed by atoms with Gasteiger partial charge in [0, 0.05) is 31.9 Å². The van der Waals surface area contributed by atoms with Gasteiger partial charge in [-0.3, -0.25) is 0 Å². The summed E-state index contributed by atoms with van der Waals surface area (Å²) in [5.41, 5.74) is 5.48. The first-order chi connectivity index (χ1) is 8.88. The van der Waals surface area contributed by atoms with Gasteiger partial charge >= 0.3 is 6.18 Å². The van der Waals surface area contributed by atoms with Crippen LogP contribution in [0.25, 0.3) is 0 Å². The first-order valence-corrected chi connectivity index (χ1v) is 6.25. The predicted molar refractivity (Wildman–Crippen MR) is 72.0 cm³/mol. The highest BCUT2D eigenvalue weighted by Gasteiger charge is 2.31. The fraction of sp³-hybridized carbons (Fsp3) is 0.417. The molecule has 104 valence electrons. The lowest BCUT2D eigenvalue weighted by molar-refractivity contribution is -0.137. The van der Waals surface area contributed by atoms with Gasteiger partial charge < -0.3 is 15.5 Å². The van der Waals surface area contributed by atoms with Crippen molar-refractivity contribution in [3.63, 3.8) is 0 Å². The van der Waals surface area contributed by atoms with Crippen LogP contribution in [0.5, 0.6) is 0 Å². The van der Waals surface area contributed by atoms with Crippen molar-refractivity contribution in [3.05, 3.63) is 29.8 Å². The van der Waals surface area contributed by atoms with E-state index < -0.39 is 11.7 Å². The molecule has 2 rings (SSSR count). The highest BCUT2D eigenvalue weighted by molar-refractivity contribution is 7.80. The fourth-order valence-electron chi connectivity index (χ4n) is 2.06. The molecule has 1 heterocycles. The topological polar surface area (TPSA) is 32.5 Å². The monoisotopic (exact) mass is 289 g/mol. The quantitative estimate of drug-likeness (QED) is 0.802. The zero-order valence-corrected chi connectivity index (χ0v) is 11.0.